The van der Waals surface area contributed by atoms with E-state index >= 15 is 0 Å². The third-order valence-corrected chi connectivity index (χ3v) is 4.87. The molecule has 0 spiro atoms. The Morgan fingerprint density at radius 1 is 1.00 bits per heavy atom. The molecular weight excluding hydrogens is 336 g/mol. The van der Waals surface area contributed by atoms with Gasteiger partial charge in [0.05, 0.1) is 0 Å². The Balaban J connectivity index is 1.47. The molecule has 5 heteroatoms. The van der Waals surface area contributed by atoms with Crippen molar-refractivity contribution in [3.8, 4) is 0 Å². The van der Waals surface area contributed by atoms with Crippen LogP contribution in [0.5, 0.6) is 0 Å². The monoisotopic (exact) mass is 358 g/mol. The first-order chi connectivity index (χ1) is 13.1. The first kappa shape index (κ1) is 17.2. The largest absolute Gasteiger partial charge is 0.339 e. The molecule has 1 aromatic heterocycles. The van der Waals surface area contributed by atoms with Crippen LogP contribution in [0.3, 0.4) is 0 Å². The van der Waals surface area contributed by atoms with Crippen LogP contribution in [0.25, 0.3) is 0 Å². The molecule has 4 rings (SSSR count). The molecule has 2 aromatic carbocycles. The number of para-hydroxylation sites is 1. The zero-order chi connectivity index (χ0) is 18.8. The molecule has 0 fully saturated rings. The highest BCUT2D eigenvalue weighted by Gasteiger charge is 2.26. The molecule has 0 bridgehead atoms. The van der Waals surface area contributed by atoms with E-state index in [0.29, 0.717) is 24.0 Å². The van der Waals surface area contributed by atoms with Crippen LogP contribution in [0.1, 0.15) is 41.4 Å². The second-order valence-corrected chi connectivity index (χ2v) is 7.04. The van der Waals surface area contributed by atoms with E-state index in [1.54, 1.807) is 17.0 Å². The molecule has 5 nitrogen and oxygen atoms in total. The Labute approximate surface area is 159 Å². The van der Waals surface area contributed by atoms with Gasteiger partial charge in [-0.2, -0.15) is 0 Å². The lowest BCUT2D eigenvalue weighted by Crippen LogP contribution is -2.29. The number of carbonyl (C=O) groups excluding carboxylic acids is 1. The van der Waals surface area contributed by atoms with Crippen molar-refractivity contribution in [1.29, 1.82) is 0 Å². The van der Waals surface area contributed by atoms with Crippen molar-refractivity contribution >= 4 is 23.1 Å². The smallest absolute Gasteiger partial charge is 0.278 e. The van der Waals surface area contributed by atoms with Crippen LogP contribution >= 0.6 is 0 Å². The standard InChI is InChI=1S/C22H22N4O/c1-15(2)16-7-9-18(10-8-16)23-21-12-11-19(24-25-21)22(27)26-14-13-17-5-3-4-6-20(17)26/h3-12,15H,13-14H2,1-2H3,(H,23,25). The molecule has 136 valence electrons. The Hall–Kier alpha value is -3.21. The summed E-state index contributed by atoms with van der Waals surface area (Å²) in [6.07, 6.45) is 0.876. The van der Waals surface area contributed by atoms with Gasteiger partial charge in [-0.1, -0.05) is 44.2 Å². The van der Waals surface area contributed by atoms with Crippen molar-refractivity contribution < 1.29 is 4.79 Å². The van der Waals surface area contributed by atoms with Gasteiger partial charge in [-0.25, -0.2) is 0 Å². The number of nitrogens with zero attached hydrogens (tertiary/aromatic N) is 3. The number of fused-ring (bicyclic) bond motifs is 1. The molecule has 0 unspecified atom stereocenters. The number of aromatic nitrogens is 2. The molecule has 1 aliphatic heterocycles. The zero-order valence-electron chi connectivity index (χ0n) is 15.5. The van der Waals surface area contributed by atoms with E-state index in [1.165, 1.54) is 11.1 Å². The highest BCUT2D eigenvalue weighted by molar-refractivity contribution is 6.06. The maximum Gasteiger partial charge on any atom is 0.278 e. The van der Waals surface area contributed by atoms with Crippen LogP contribution in [0.4, 0.5) is 17.2 Å². The molecule has 1 amide bonds. The van der Waals surface area contributed by atoms with E-state index in [1.807, 2.05) is 30.3 Å². The van der Waals surface area contributed by atoms with Gasteiger partial charge in [-0.15, -0.1) is 10.2 Å². The summed E-state index contributed by atoms with van der Waals surface area (Å²) in [5.74, 6) is 1.01. The third kappa shape index (κ3) is 3.53. The maximum absolute atomic E-state index is 12.8. The summed E-state index contributed by atoms with van der Waals surface area (Å²) in [5, 5.41) is 11.5. The summed E-state index contributed by atoms with van der Waals surface area (Å²) in [7, 11) is 0. The molecule has 0 saturated heterocycles. The summed E-state index contributed by atoms with van der Waals surface area (Å²) in [6.45, 7) is 5.02. The minimum atomic E-state index is -0.111. The maximum atomic E-state index is 12.8. The molecule has 3 aromatic rings. The Bertz CT molecular complexity index is 949. The van der Waals surface area contributed by atoms with Crippen molar-refractivity contribution in [1.82, 2.24) is 10.2 Å². The lowest BCUT2D eigenvalue weighted by Gasteiger charge is -2.16. The molecule has 2 heterocycles. The fourth-order valence-corrected chi connectivity index (χ4v) is 3.30. The number of anilines is 3. The average Bonchev–Trinajstić information content (AvgIpc) is 3.12. The number of rotatable bonds is 4. The molecule has 1 N–H and O–H groups in total. The molecular formula is C22H22N4O. The molecule has 0 atom stereocenters. The van der Waals surface area contributed by atoms with E-state index in [2.05, 4.69) is 47.6 Å². The van der Waals surface area contributed by atoms with E-state index in [-0.39, 0.29) is 5.91 Å². The average molecular weight is 358 g/mol. The van der Waals surface area contributed by atoms with Gasteiger partial charge in [0.25, 0.3) is 5.91 Å². The summed E-state index contributed by atoms with van der Waals surface area (Å²) >= 11 is 0. The van der Waals surface area contributed by atoms with E-state index in [9.17, 15) is 4.79 Å². The predicted molar refractivity (Wildman–Crippen MR) is 108 cm³/mol. The Morgan fingerprint density at radius 2 is 1.78 bits per heavy atom. The Kier molecular flexibility index (Phi) is 4.59. The number of benzene rings is 2. The number of carbonyl (C=O) groups is 1. The SMILES string of the molecule is CC(C)c1ccc(Nc2ccc(C(=O)N3CCc4ccccc43)nn2)cc1. The summed E-state index contributed by atoms with van der Waals surface area (Å²) in [4.78, 5) is 14.6. The highest BCUT2D eigenvalue weighted by atomic mass is 16.2. The van der Waals surface area contributed by atoms with Crippen LogP contribution in [0.15, 0.2) is 60.7 Å². The van der Waals surface area contributed by atoms with Gasteiger partial charge < -0.3 is 10.2 Å². The molecule has 27 heavy (non-hydrogen) atoms. The highest BCUT2D eigenvalue weighted by Crippen LogP contribution is 2.28. The van der Waals surface area contributed by atoms with Crippen molar-refractivity contribution in [2.75, 3.05) is 16.8 Å². The lowest BCUT2D eigenvalue weighted by molar-refractivity contribution is 0.0983. The van der Waals surface area contributed by atoms with Crippen LogP contribution in [0.2, 0.25) is 0 Å². The van der Waals surface area contributed by atoms with Gasteiger partial charge in [0.2, 0.25) is 0 Å². The number of hydrogen-bond donors (Lipinski definition) is 1. The normalized spacial score (nSPS) is 12.9. The van der Waals surface area contributed by atoms with Crippen molar-refractivity contribution in [2.45, 2.75) is 26.2 Å². The van der Waals surface area contributed by atoms with E-state index in [0.717, 1.165) is 17.8 Å². The minimum absolute atomic E-state index is 0.111. The van der Waals surface area contributed by atoms with Gasteiger partial charge in [0.15, 0.2) is 11.5 Å². The second-order valence-electron chi connectivity index (χ2n) is 7.04. The van der Waals surface area contributed by atoms with Crippen molar-refractivity contribution in [2.24, 2.45) is 0 Å². The summed E-state index contributed by atoms with van der Waals surface area (Å²) < 4.78 is 0. The van der Waals surface area contributed by atoms with Crippen LogP contribution in [-0.2, 0) is 6.42 Å². The van der Waals surface area contributed by atoms with Crippen LogP contribution in [0, 0.1) is 0 Å². The number of hydrogen-bond acceptors (Lipinski definition) is 4. The van der Waals surface area contributed by atoms with Crippen LogP contribution < -0.4 is 10.2 Å². The first-order valence-corrected chi connectivity index (χ1v) is 9.22. The number of nitrogens with one attached hydrogen (secondary N) is 1. The minimum Gasteiger partial charge on any atom is -0.339 e. The predicted octanol–water partition coefficient (Wildman–Crippen LogP) is 4.55. The Morgan fingerprint density at radius 3 is 2.48 bits per heavy atom. The fraction of sp³-hybridized carbons (Fsp3) is 0.227. The van der Waals surface area contributed by atoms with Crippen molar-refractivity contribution in [3.63, 3.8) is 0 Å². The van der Waals surface area contributed by atoms with E-state index < -0.39 is 0 Å². The molecule has 1 aliphatic rings. The number of amides is 1. The first-order valence-electron chi connectivity index (χ1n) is 9.22. The third-order valence-electron chi connectivity index (χ3n) is 4.87. The van der Waals surface area contributed by atoms with Gasteiger partial charge in [-0.05, 0) is 53.8 Å². The van der Waals surface area contributed by atoms with Gasteiger partial charge in [0, 0.05) is 17.9 Å². The van der Waals surface area contributed by atoms with Crippen molar-refractivity contribution in [3.05, 3.63) is 77.5 Å². The zero-order valence-corrected chi connectivity index (χ0v) is 15.5. The lowest BCUT2D eigenvalue weighted by atomic mass is 10.0. The topological polar surface area (TPSA) is 58.1 Å². The van der Waals surface area contributed by atoms with E-state index in [4.69, 9.17) is 0 Å². The van der Waals surface area contributed by atoms with Crippen LogP contribution in [-0.4, -0.2) is 22.6 Å². The summed E-state index contributed by atoms with van der Waals surface area (Å²) in [5.41, 5.74) is 4.76. The molecule has 0 saturated carbocycles. The molecule has 0 radical (unpaired) electrons. The second kappa shape index (κ2) is 7.19. The van der Waals surface area contributed by atoms with Gasteiger partial charge in [-0.3, -0.25) is 4.79 Å². The van der Waals surface area contributed by atoms with Gasteiger partial charge in [0.1, 0.15) is 0 Å². The van der Waals surface area contributed by atoms with Gasteiger partial charge >= 0.3 is 0 Å². The fourth-order valence-electron chi connectivity index (χ4n) is 3.30. The molecule has 0 aliphatic carbocycles. The quantitative estimate of drug-likeness (QED) is 0.743. The summed E-state index contributed by atoms with van der Waals surface area (Å²) in [6, 6.07) is 19.8.